The van der Waals surface area contributed by atoms with Crippen LogP contribution in [-0.2, 0) is 22.6 Å². The first-order valence-electron chi connectivity index (χ1n) is 10.5. The summed E-state index contributed by atoms with van der Waals surface area (Å²) in [6.45, 7) is -0.406. The number of hydrogen-bond donors (Lipinski definition) is 6. The predicted molar refractivity (Wildman–Crippen MR) is 108 cm³/mol. The topological polar surface area (TPSA) is 170 Å². The first-order valence-corrected chi connectivity index (χ1v) is 10.5. The Hall–Kier alpha value is -2.82. The number of benzene rings is 1. The Morgan fingerprint density at radius 2 is 1.97 bits per heavy atom. The van der Waals surface area contributed by atoms with Gasteiger partial charge >= 0.3 is 0 Å². The lowest BCUT2D eigenvalue weighted by atomic mass is 9.58. The van der Waals surface area contributed by atoms with Crippen LogP contribution < -0.4 is 11.1 Å². The van der Waals surface area contributed by atoms with Gasteiger partial charge in [-0.2, -0.15) is 0 Å². The number of halogens is 1. The molecule has 9 nitrogen and oxygen atoms in total. The molecule has 1 amide bonds. The van der Waals surface area contributed by atoms with Crippen LogP contribution in [0.4, 0.5) is 4.39 Å². The van der Waals surface area contributed by atoms with Crippen molar-refractivity contribution in [3.8, 4) is 5.75 Å². The summed E-state index contributed by atoms with van der Waals surface area (Å²) in [5.41, 5.74) is 3.39. The normalized spacial score (nSPS) is 31.7. The van der Waals surface area contributed by atoms with Gasteiger partial charge < -0.3 is 31.5 Å². The number of aliphatic hydroxyl groups is 3. The average Bonchev–Trinajstić information content (AvgIpc) is 2.72. The number of primary amides is 1. The highest BCUT2D eigenvalue weighted by atomic mass is 19.1. The van der Waals surface area contributed by atoms with Gasteiger partial charge in [0.15, 0.2) is 17.2 Å². The molecule has 0 heterocycles. The maximum absolute atomic E-state index is 13.3. The summed E-state index contributed by atoms with van der Waals surface area (Å²) < 4.78 is 12.4. The van der Waals surface area contributed by atoms with E-state index in [1.807, 2.05) is 0 Å². The molecule has 4 rings (SSSR count). The van der Waals surface area contributed by atoms with E-state index in [0.717, 1.165) is 0 Å². The fourth-order valence-corrected chi connectivity index (χ4v) is 5.38. The number of hydrogen-bond acceptors (Lipinski definition) is 8. The van der Waals surface area contributed by atoms with Gasteiger partial charge in [0, 0.05) is 30.1 Å². The van der Waals surface area contributed by atoms with E-state index in [1.165, 1.54) is 0 Å². The standard InChI is InChI=1S/C22H25FN2O7/c23-3-4-25-8-10-2-1-9-5-11-6-12-7-13(26)16(21(24)31)20(30)22(12,32)19(29)15(11)18(28)14(9)17(10)27/h1-2,11-13,16,25-27,29,32H,3-8H2,(H2,24,31)/t11-,12-,13?,16?,22-/m0/s1. The van der Waals surface area contributed by atoms with Crippen LogP contribution in [0.3, 0.4) is 0 Å². The number of aliphatic hydroxyl groups excluding tert-OH is 2. The van der Waals surface area contributed by atoms with Crippen LogP contribution in [0, 0.1) is 17.8 Å². The molecule has 32 heavy (non-hydrogen) atoms. The largest absolute Gasteiger partial charge is 0.508 e. The van der Waals surface area contributed by atoms with Gasteiger partial charge in [0.1, 0.15) is 24.1 Å². The highest BCUT2D eigenvalue weighted by Crippen LogP contribution is 2.51. The van der Waals surface area contributed by atoms with Crippen LogP contribution in [0.1, 0.15) is 34.3 Å². The molecule has 10 heteroatoms. The predicted octanol–water partition coefficient (Wildman–Crippen LogP) is -0.195. The number of nitrogens with two attached hydrogens (primary N) is 1. The third kappa shape index (κ3) is 3.13. The van der Waals surface area contributed by atoms with Gasteiger partial charge in [0.2, 0.25) is 5.91 Å². The lowest BCUT2D eigenvalue weighted by molar-refractivity contribution is -0.167. The van der Waals surface area contributed by atoms with Crippen molar-refractivity contribution in [1.29, 1.82) is 0 Å². The van der Waals surface area contributed by atoms with Crippen molar-refractivity contribution in [3.63, 3.8) is 0 Å². The number of nitrogens with one attached hydrogen (secondary N) is 1. The Kier molecular flexibility index (Phi) is 5.56. The van der Waals surface area contributed by atoms with Crippen molar-refractivity contribution in [2.75, 3.05) is 13.2 Å². The molecule has 0 spiro atoms. The van der Waals surface area contributed by atoms with Crippen molar-refractivity contribution in [2.24, 2.45) is 23.5 Å². The molecule has 1 saturated carbocycles. The van der Waals surface area contributed by atoms with Gasteiger partial charge in [0.25, 0.3) is 0 Å². The Bertz CT molecular complexity index is 1040. The second-order valence-corrected chi connectivity index (χ2v) is 8.71. The first-order chi connectivity index (χ1) is 15.1. The molecule has 3 aliphatic carbocycles. The van der Waals surface area contributed by atoms with E-state index in [9.17, 15) is 39.2 Å². The second kappa shape index (κ2) is 7.95. The van der Waals surface area contributed by atoms with Crippen LogP contribution in [0.5, 0.6) is 5.75 Å². The van der Waals surface area contributed by atoms with E-state index in [-0.39, 0.29) is 49.2 Å². The van der Waals surface area contributed by atoms with Crippen LogP contribution >= 0.6 is 0 Å². The SMILES string of the molecule is NC(=O)C1C(=O)[C@@]2(O)C(O)=C3C(=O)c4c(ccc(CNCCF)c4O)C[C@H]3C[C@H]2CC1O. The van der Waals surface area contributed by atoms with E-state index in [1.54, 1.807) is 12.1 Å². The molecule has 0 aromatic heterocycles. The zero-order chi connectivity index (χ0) is 23.4. The minimum absolute atomic E-state index is 0.0425. The third-order valence-corrected chi connectivity index (χ3v) is 6.93. The van der Waals surface area contributed by atoms with E-state index in [0.29, 0.717) is 11.1 Å². The molecule has 0 saturated heterocycles. The number of alkyl halides is 1. The van der Waals surface area contributed by atoms with E-state index >= 15 is 0 Å². The Morgan fingerprint density at radius 3 is 2.62 bits per heavy atom. The van der Waals surface area contributed by atoms with E-state index < -0.39 is 59.4 Å². The molecular formula is C22H25FN2O7. The summed E-state index contributed by atoms with van der Waals surface area (Å²) in [5, 5.41) is 45.9. The zero-order valence-electron chi connectivity index (χ0n) is 17.2. The minimum atomic E-state index is -2.52. The van der Waals surface area contributed by atoms with Gasteiger partial charge in [0.05, 0.1) is 11.7 Å². The molecule has 0 radical (unpaired) electrons. The number of carbonyl (C=O) groups excluding carboxylic acids is 3. The number of aromatic hydroxyl groups is 1. The van der Waals surface area contributed by atoms with Crippen molar-refractivity contribution in [2.45, 2.75) is 37.5 Å². The van der Waals surface area contributed by atoms with Gasteiger partial charge in [-0.3, -0.25) is 14.4 Å². The summed E-state index contributed by atoms with van der Waals surface area (Å²) in [6.07, 6.45) is -1.15. The Morgan fingerprint density at radius 1 is 1.25 bits per heavy atom. The average molecular weight is 448 g/mol. The van der Waals surface area contributed by atoms with Crippen LogP contribution in [0.15, 0.2) is 23.5 Å². The van der Waals surface area contributed by atoms with Crippen molar-refractivity contribution in [1.82, 2.24) is 5.32 Å². The fraction of sp³-hybridized carbons (Fsp3) is 0.500. The second-order valence-electron chi connectivity index (χ2n) is 8.71. The number of carbonyl (C=O) groups is 3. The Labute approximate surface area is 182 Å². The lowest BCUT2D eigenvalue weighted by Crippen LogP contribution is -2.63. The molecule has 1 fully saturated rings. The van der Waals surface area contributed by atoms with Crippen molar-refractivity contribution in [3.05, 3.63) is 40.2 Å². The number of rotatable bonds is 5. The number of phenols is 1. The summed E-state index contributed by atoms with van der Waals surface area (Å²) in [4.78, 5) is 38.0. The monoisotopic (exact) mass is 448 g/mol. The molecule has 1 aromatic rings. The third-order valence-electron chi connectivity index (χ3n) is 6.93. The molecule has 7 N–H and O–H groups in total. The molecule has 5 atom stereocenters. The first kappa shape index (κ1) is 22.4. The van der Waals surface area contributed by atoms with E-state index in [4.69, 9.17) is 5.73 Å². The number of Topliss-reactive ketones (excluding diaryl/α,β-unsaturated/α-hetero) is 2. The van der Waals surface area contributed by atoms with Gasteiger partial charge in [-0.15, -0.1) is 0 Å². The highest BCUT2D eigenvalue weighted by molar-refractivity contribution is 6.15. The molecule has 2 unspecified atom stereocenters. The highest BCUT2D eigenvalue weighted by Gasteiger charge is 2.62. The zero-order valence-corrected chi connectivity index (χ0v) is 17.2. The number of phenolic OH excluding ortho intramolecular Hbond substituents is 1. The molecule has 0 aliphatic heterocycles. The molecule has 0 bridgehead atoms. The fourth-order valence-electron chi connectivity index (χ4n) is 5.38. The van der Waals surface area contributed by atoms with Crippen LogP contribution in [-0.4, -0.2) is 62.8 Å². The quantitative estimate of drug-likeness (QED) is 0.266. The van der Waals surface area contributed by atoms with E-state index in [2.05, 4.69) is 5.32 Å². The summed E-state index contributed by atoms with van der Waals surface area (Å²) in [7, 11) is 0. The summed E-state index contributed by atoms with van der Waals surface area (Å²) in [6, 6.07) is 3.31. The molecular weight excluding hydrogens is 423 g/mol. The Balaban J connectivity index is 1.78. The van der Waals surface area contributed by atoms with Crippen molar-refractivity contribution < 1.29 is 39.2 Å². The lowest BCUT2D eigenvalue weighted by Gasteiger charge is -2.48. The van der Waals surface area contributed by atoms with Crippen LogP contribution in [0.2, 0.25) is 0 Å². The minimum Gasteiger partial charge on any atom is -0.508 e. The van der Waals surface area contributed by atoms with Crippen molar-refractivity contribution >= 4 is 17.5 Å². The maximum atomic E-state index is 13.3. The molecule has 172 valence electrons. The molecule has 3 aliphatic rings. The number of amides is 1. The van der Waals surface area contributed by atoms with Crippen LogP contribution in [0.25, 0.3) is 0 Å². The maximum Gasteiger partial charge on any atom is 0.230 e. The number of ketones is 2. The van der Waals surface area contributed by atoms with Gasteiger partial charge in [-0.25, -0.2) is 4.39 Å². The summed E-state index contributed by atoms with van der Waals surface area (Å²) in [5.74, 6) is -7.29. The smallest absolute Gasteiger partial charge is 0.230 e. The molecule has 1 aromatic carbocycles. The van der Waals surface area contributed by atoms with Gasteiger partial charge in [-0.1, -0.05) is 12.1 Å². The summed E-state index contributed by atoms with van der Waals surface area (Å²) >= 11 is 0. The number of fused-ring (bicyclic) bond motifs is 3. The van der Waals surface area contributed by atoms with Gasteiger partial charge in [-0.05, 0) is 30.7 Å². The number of allylic oxidation sites excluding steroid dienone is 1.